The first-order chi connectivity index (χ1) is 16.9. The number of hydrogen-bond donors (Lipinski definition) is 1. The van der Waals surface area contributed by atoms with Gasteiger partial charge >= 0.3 is 0 Å². The molecule has 0 saturated carbocycles. The van der Waals surface area contributed by atoms with Crippen LogP contribution >= 0.6 is 0 Å². The highest BCUT2D eigenvalue weighted by Crippen LogP contribution is 2.30. The average Bonchev–Trinajstić information content (AvgIpc) is 3.28. The molecule has 0 unspecified atom stereocenters. The molecule has 7 heteroatoms. The van der Waals surface area contributed by atoms with E-state index in [0.29, 0.717) is 26.1 Å². The summed E-state index contributed by atoms with van der Waals surface area (Å²) in [4.78, 5) is 2.36. The summed E-state index contributed by atoms with van der Waals surface area (Å²) in [5, 5.41) is 15.3. The number of nitrogens with zero attached hydrogens (tertiary/aromatic N) is 3. The third kappa shape index (κ3) is 7.23. The normalized spacial score (nSPS) is 15.7. The van der Waals surface area contributed by atoms with Crippen LogP contribution in [0.5, 0.6) is 17.2 Å². The molecule has 2 heterocycles. The van der Waals surface area contributed by atoms with Gasteiger partial charge in [-0.25, -0.2) is 0 Å². The van der Waals surface area contributed by atoms with Gasteiger partial charge < -0.3 is 19.3 Å². The number of ether oxygens (including phenoxy) is 3. The zero-order valence-electron chi connectivity index (χ0n) is 21.1. The maximum Gasteiger partial charge on any atom is 0.161 e. The predicted molar refractivity (Wildman–Crippen MR) is 136 cm³/mol. The van der Waals surface area contributed by atoms with Crippen molar-refractivity contribution in [3.8, 4) is 17.2 Å². The molecule has 4 rings (SSSR count). The second-order valence-electron chi connectivity index (χ2n) is 9.57. The molecule has 0 aliphatic carbocycles. The van der Waals surface area contributed by atoms with Crippen LogP contribution in [-0.4, -0.2) is 58.8 Å². The fourth-order valence-electron chi connectivity index (χ4n) is 4.31. The van der Waals surface area contributed by atoms with E-state index in [1.54, 1.807) is 7.11 Å². The molecule has 3 aromatic rings. The lowest BCUT2D eigenvalue weighted by molar-refractivity contribution is -0.0537. The minimum absolute atomic E-state index is 0.323. The van der Waals surface area contributed by atoms with Crippen LogP contribution < -0.4 is 14.2 Å². The Morgan fingerprint density at radius 2 is 1.74 bits per heavy atom. The third-order valence-corrected chi connectivity index (χ3v) is 6.50. The van der Waals surface area contributed by atoms with Crippen molar-refractivity contribution in [3.63, 3.8) is 0 Å². The average molecular weight is 480 g/mol. The van der Waals surface area contributed by atoms with Crippen molar-refractivity contribution in [1.29, 1.82) is 0 Å². The lowest BCUT2D eigenvalue weighted by Crippen LogP contribution is -2.47. The van der Waals surface area contributed by atoms with Crippen LogP contribution in [0.4, 0.5) is 0 Å². The second kappa shape index (κ2) is 11.6. The van der Waals surface area contributed by atoms with E-state index in [-0.39, 0.29) is 0 Å². The van der Waals surface area contributed by atoms with Crippen LogP contribution in [0.15, 0.2) is 54.9 Å². The summed E-state index contributed by atoms with van der Waals surface area (Å²) in [6.07, 6.45) is 6.15. The van der Waals surface area contributed by atoms with Crippen LogP contribution in [0.2, 0.25) is 0 Å². The van der Waals surface area contributed by atoms with Gasteiger partial charge in [-0.05, 0) is 62.1 Å². The van der Waals surface area contributed by atoms with Crippen LogP contribution in [0.3, 0.4) is 0 Å². The molecule has 0 radical (unpaired) electrons. The second-order valence-corrected chi connectivity index (χ2v) is 9.57. The van der Waals surface area contributed by atoms with E-state index in [4.69, 9.17) is 14.2 Å². The third-order valence-electron chi connectivity index (χ3n) is 6.50. The van der Waals surface area contributed by atoms with Gasteiger partial charge in [0.2, 0.25) is 0 Å². The van der Waals surface area contributed by atoms with Crippen LogP contribution in [0.1, 0.15) is 36.0 Å². The summed E-state index contributed by atoms with van der Waals surface area (Å²) in [5.41, 5.74) is 2.74. The summed E-state index contributed by atoms with van der Waals surface area (Å²) in [6, 6.07) is 14.1. The van der Waals surface area contributed by atoms with Gasteiger partial charge in [-0.1, -0.05) is 23.8 Å². The minimum atomic E-state index is -0.786. The smallest absolute Gasteiger partial charge is 0.161 e. The van der Waals surface area contributed by atoms with Gasteiger partial charge in [-0.15, -0.1) is 0 Å². The van der Waals surface area contributed by atoms with Gasteiger partial charge in [0.25, 0.3) is 0 Å². The molecule has 1 fully saturated rings. The van der Waals surface area contributed by atoms with E-state index >= 15 is 0 Å². The summed E-state index contributed by atoms with van der Waals surface area (Å²) in [7, 11) is 1.67. The van der Waals surface area contributed by atoms with E-state index in [2.05, 4.69) is 16.1 Å². The monoisotopic (exact) mass is 479 g/mol. The predicted octanol–water partition coefficient (Wildman–Crippen LogP) is 4.38. The lowest BCUT2D eigenvalue weighted by Gasteiger charge is -2.38. The van der Waals surface area contributed by atoms with Crippen molar-refractivity contribution in [2.45, 2.75) is 51.8 Å². The summed E-state index contributed by atoms with van der Waals surface area (Å²) in [6.45, 7) is 8.29. The first-order valence-electron chi connectivity index (χ1n) is 12.4. The molecule has 1 aromatic heterocycles. The molecule has 0 bridgehead atoms. The molecular formula is C28H37N3O4. The molecule has 0 atom stereocenters. The van der Waals surface area contributed by atoms with E-state index in [0.717, 1.165) is 55.4 Å². The highest BCUT2D eigenvalue weighted by atomic mass is 16.5. The van der Waals surface area contributed by atoms with Crippen molar-refractivity contribution in [1.82, 2.24) is 14.7 Å². The molecule has 7 nitrogen and oxygen atoms in total. The number of aromatic nitrogens is 2. The molecule has 1 aliphatic rings. The van der Waals surface area contributed by atoms with Crippen molar-refractivity contribution in [2.75, 3.05) is 33.4 Å². The lowest BCUT2D eigenvalue weighted by atomic mass is 9.92. The van der Waals surface area contributed by atoms with Crippen LogP contribution in [0.25, 0.3) is 0 Å². The molecule has 0 spiro atoms. The Labute approximate surface area is 208 Å². The maximum atomic E-state index is 11.0. The Morgan fingerprint density at radius 1 is 0.971 bits per heavy atom. The van der Waals surface area contributed by atoms with Gasteiger partial charge in [0.15, 0.2) is 11.5 Å². The molecule has 1 N–H and O–H groups in total. The standard InChI is InChI=1S/C28H37N3O4/c1-22-5-8-25(9-6-22)35-21-28(32)11-14-30(15-12-28)20-24-7-10-26(27(17-24)33-3)34-16-4-13-31-19-23(2)18-29-31/h5-10,17-19,32H,4,11-16,20-21H2,1-3H3. The Kier molecular flexibility index (Phi) is 8.31. The van der Waals surface area contributed by atoms with Crippen molar-refractivity contribution in [2.24, 2.45) is 0 Å². The van der Waals surface area contributed by atoms with E-state index < -0.39 is 5.60 Å². The highest BCUT2D eigenvalue weighted by molar-refractivity contribution is 5.43. The van der Waals surface area contributed by atoms with Crippen molar-refractivity contribution < 1.29 is 19.3 Å². The fourth-order valence-corrected chi connectivity index (χ4v) is 4.31. The van der Waals surface area contributed by atoms with Gasteiger partial charge in [0, 0.05) is 38.8 Å². The highest BCUT2D eigenvalue weighted by Gasteiger charge is 2.33. The first kappa shape index (κ1) is 25.1. The topological polar surface area (TPSA) is 69.0 Å². The molecular weight excluding hydrogens is 442 g/mol. The fraction of sp³-hybridized carbons (Fsp3) is 0.464. The Balaban J connectivity index is 1.22. The molecule has 35 heavy (non-hydrogen) atoms. The van der Waals surface area contributed by atoms with Gasteiger partial charge in [0.1, 0.15) is 18.0 Å². The zero-order chi connectivity index (χ0) is 24.7. The molecule has 0 amide bonds. The first-order valence-corrected chi connectivity index (χ1v) is 12.4. The van der Waals surface area contributed by atoms with E-state index in [9.17, 15) is 5.11 Å². The van der Waals surface area contributed by atoms with Crippen LogP contribution in [0, 0.1) is 13.8 Å². The van der Waals surface area contributed by atoms with Crippen LogP contribution in [-0.2, 0) is 13.1 Å². The Morgan fingerprint density at radius 3 is 2.43 bits per heavy atom. The molecule has 1 aliphatic heterocycles. The van der Waals surface area contributed by atoms with E-state index in [1.807, 2.05) is 67.3 Å². The quantitative estimate of drug-likeness (QED) is 0.412. The number of aliphatic hydroxyl groups is 1. The number of aryl methyl sites for hydroxylation is 3. The van der Waals surface area contributed by atoms with Gasteiger partial charge in [0.05, 0.1) is 19.9 Å². The Bertz CT molecular complexity index is 1070. The Hall–Kier alpha value is -3.03. The van der Waals surface area contributed by atoms with Gasteiger partial charge in [-0.3, -0.25) is 9.58 Å². The SMILES string of the molecule is COc1cc(CN2CCC(O)(COc3ccc(C)cc3)CC2)ccc1OCCCn1cc(C)cn1. The molecule has 1 saturated heterocycles. The number of rotatable bonds is 11. The summed E-state index contributed by atoms with van der Waals surface area (Å²) < 4.78 is 19.4. The maximum absolute atomic E-state index is 11.0. The van der Waals surface area contributed by atoms with Gasteiger partial charge in [-0.2, -0.15) is 5.10 Å². The number of piperidine rings is 1. The number of likely N-dealkylation sites (tertiary alicyclic amines) is 1. The summed E-state index contributed by atoms with van der Waals surface area (Å²) in [5.74, 6) is 2.31. The minimum Gasteiger partial charge on any atom is -0.493 e. The zero-order valence-corrected chi connectivity index (χ0v) is 21.1. The number of hydrogen-bond acceptors (Lipinski definition) is 6. The number of benzene rings is 2. The summed E-state index contributed by atoms with van der Waals surface area (Å²) >= 11 is 0. The van der Waals surface area contributed by atoms with Crippen molar-refractivity contribution >= 4 is 0 Å². The largest absolute Gasteiger partial charge is 0.493 e. The molecule has 2 aromatic carbocycles. The molecule has 188 valence electrons. The van der Waals surface area contributed by atoms with Crippen molar-refractivity contribution in [3.05, 3.63) is 71.5 Å². The van der Waals surface area contributed by atoms with E-state index in [1.165, 1.54) is 11.1 Å². The number of methoxy groups -OCH3 is 1.